The van der Waals surface area contributed by atoms with Gasteiger partial charge in [-0.3, -0.25) is 0 Å². The Labute approximate surface area is 121 Å². The van der Waals surface area contributed by atoms with Crippen molar-refractivity contribution in [3.8, 4) is 0 Å². The largest absolute Gasteiger partial charge is 0.444 e. The lowest BCUT2D eigenvalue weighted by Crippen LogP contribution is -2.50. The average Bonchev–Trinajstić information content (AvgIpc) is 2.73. The molecular formula is C15H28N2O3. The maximum Gasteiger partial charge on any atom is 0.410 e. The summed E-state index contributed by atoms with van der Waals surface area (Å²) in [6.45, 7) is 7.81. The van der Waals surface area contributed by atoms with Crippen LogP contribution < -0.4 is 5.32 Å². The molecule has 2 N–H and O–H groups in total. The molecule has 1 atom stereocenters. The van der Waals surface area contributed by atoms with E-state index in [9.17, 15) is 9.90 Å². The van der Waals surface area contributed by atoms with E-state index in [1.165, 1.54) is 0 Å². The summed E-state index contributed by atoms with van der Waals surface area (Å²) in [5.41, 5.74) is -0.950. The molecule has 2 rings (SSSR count). The van der Waals surface area contributed by atoms with Gasteiger partial charge in [-0.15, -0.1) is 0 Å². The Hall–Kier alpha value is -0.810. The number of hydrogen-bond donors (Lipinski definition) is 2. The number of hydrogen-bond acceptors (Lipinski definition) is 4. The third kappa shape index (κ3) is 4.09. The van der Waals surface area contributed by atoms with E-state index in [4.69, 9.17) is 4.74 Å². The minimum absolute atomic E-state index is 0.188. The lowest BCUT2D eigenvalue weighted by atomic mass is 9.80. The maximum atomic E-state index is 12.1. The summed E-state index contributed by atoms with van der Waals surface area (Å²) in [6, 6.07) is 0.188. The van der Waals surface area contributed by atoms with Gasteiger partial charge in [-0.05, 0) is 52.9 Å². The van der Waals surface area contributed by atoms with Crippen LogP contribution in [-0.2, 0) is 4.74 Å². The van der Waals surface area contributed by atoms with E-state index in [0.717, 1.165) is 45.2 Å². The zero-order valence-corrected chi connectivity index (χ0v) is 12.9. The zero-order valence-electron chi connectivity index (χ0n) is 12.9. The average molecular weight is 284 g/mol. The summed E-state index contributed by atoms with van der Waals surface area (Å²) in [7, 11) is 0. The van der Waals surface area contributed by atoms with Crippen LogP contribution in [0.4, 0.5) is 4.79 Å². The van der Waals surface area contributed by atoms with Crippen LogP contribution in [0.3, 0.4) is 0 Å². The highest BCUT2D eigenvalue weighted by molar-refractivity contribution is 5.69. The molecule has 2 fully saturated rings. The van der Waals surface area contributed by atoms with E-state index >= 15 is 0 Å². The van der Waals surface area contributed by atoms with Gasteiger partial charge in [0.2, 0.25) is 0 Å². The van der Waals surface area contributed by atoms with Crippen LogP contribution in [0, 0.1) is 0 Å². The van der Waals surface area contributed by atoms with E-state index in [0.29, 0.717) is 6.54 Å². The first-order valence-corrected chi connectivity index (χ1v) is 7.72. The smallest absolute Gasteiger partial charge is 0.410 e. The van der Waals surface area contributed by atoms with Crippen molar-refractivity contribution in [3.05, 3.63) is 0 Å². The molecule has 0 aromatic rings. The van der Waals surface area contributed by atoms with E-state index in [-0.39, 0.29) is 12.1 Å². The van der Waals surface area contributed by atoms with E-state index < -0.39 is 11.2 Å². The minimum atomic E-state index is -0.505. The highest BCUT2D eigenvalue weighted by atomic mass is 16.6. The van der Waals surface area contributed by atoms with Gasteiger partial charge in [0.1, 0.15) is 5.60 Å². The highest BCUT2D eigenvalue weighted by Crippen LogP contribution is 2.30. The molecule has 116 valence electrons. The number of carbonyl (C=O) groups is 1. The third-order valence-electron chi connectivity index (χ3n) is 4.12. The fraction of sp³-hybridized carbons (Fsp3) is 0.933. The Morgan fingerprint density at radius 1 is 1.40 bits per heavy atom. The zero-order chi connectivity index (χ0) is 14.8. The monoisotopic (exact) mass is 284 g/mol. The van der Waals surface area contributed by atoms with Crippen molar-refractivity contribution in [1.82, 2.24) is 10.2 Å². The standard InChI is InChI=1S/C15H28N2O3/c1-14(2,3)20-13(18)17-9-4-6-12(17)10-16-11-15(19)7-5-8-15/h12,16,19H,4-11H2,1-3H3. The van der Waals surface area contributed by atoms with Crippen molar-refractivity contribution in [2.24, 2.45) is 0 Å². The van der Waals surface area contributed by atoms with Gasteiger partial charge in [0.05, 0.1) is 5.60 Å². The van der Waals surface area contributed by atoms with Crippen molar-refractivity contribution < 1.29 is 14.6 Å². The Bertz CT molecular complexity index is 348. The first-order chi connectivity index (χ1) is 9.29. The maximum absolute atomic E-state index is 12.1. The molecule has 1 aliphatic heterocycles. The second-order valence-electron chi connectivity index (χ2n) is 7.18. The number of nitrogens with zero attached hydrogens (tertiary/aromatic N) is 1. The topological polar surface area (TPSA) is 61.8 Å². The van der Waals surface area contributed by atoms with Gasteiger partial charge < -0.3 is 20.1 Å². The SMILES string of the molecule is CC(C)(C)OC(=O)N1CCCC1CNCC1(O)CCC1. The van der Waals surface area contributed by atoms with Gasteiger partial charge in [-0.25, -0.2) is 4.79 Å². The molecule has 0 spiro atoms. The molecule has 1 aliphatic carbocycles. The molecule has 5 heteroatoms. The van der Waals surface area contributed by atoms with Crippen LogP contribution in [0.2, 0.25) is 0 Å². The molecule has 20 heavy (non-hydrogen) atoms. The summed E-state index contributed by atoms with van der Waals surface area (Å²) in [4.78, 5) is 13.9. The van der Waals surface area contributed by atoms with Gasteiger partial charge in [-0.1, -0.05) is 0 Å². The Kier molecular flexibility index (Phi) is 4.59. The van der Waals surface area contributed by atoms with Crippen molar-refractivity contribution in [2.75, 3.05) is 19.6 Å². The molecule has 1 saturated carbocycles. The second-order valence-corrected chi connectivity index (χ2v) is 7.18. The normalized spacial score (nSPS) is 25.4. The predicted octanol–water partition coefficient (Wildman–Crippen LogP) is 1.89. The molecule has 1 unspecified atom stereocenters. The minimum Gasteiger partial charge on any atom is -0.444 e. The first-order valence-electron chi connectivity index (χ1n) is 7.72. The summed E-state index contributed by atoms with van der Waals surface area (Å²) in [5, 5.41) is 13.4. The van der Waals surface area contributed by atoms with Crippen molar-refractivity contribution >= 4 is 6.09 Å². The Balaban J connectivity index is 1.77. The predicted molar refractivity (Wildman–Crippen MR) is 77.6 cm³/mol. The number of aliphatic hydroxyl groups is 1. The molecule has 1 saturated heterocycles. The molecule has 0 aromatic heterocycles. The molecule has 0 radical (unpaired) electrons. The number of amides is 1. The molecule has 5 nitrogen and oxygen atoms in total. The number of likely N-dealkylation sites (tertiary alicyclic amines) is 1. The summed E-state index contributed by atoms with van der Waals surface area (Å²) in [6.07, 6.45) is 4.71. The van der Waals surface area contributed by atoms with Crippen LogP contribution in [0.25, 0.3) is 0 Å². The van der Waals surface area contributed by atoms with Gasteiger partial charge in [-0.2, -0.15) is 0 Å². The fourth-order valence-corrected chi connectivity index (χ4v) is 2.84. The molecule has 0 aromatic carbocycles. The lowest BCUT2D eigenvalue weighted by molar-refractivity contribution is -0.0320. The van der Waals surface area contributed by atoms with E-state index in [1.54, 1.807) is 0 Å². The molecule has 1 amide bonds. The van der Waals surface area contributed by atoms with Crippen molar-refractivity contribution in [1.29, 1.82) is 0 Å². The number of carbonyl (C=O) groups excluding carboxylic acids is 1. The first kappa shape index (κ1) is 15.6. The fourth-order valence-electron chi connectivity index (χ4n) is 2.84. The number of ether oxygens (including phenoxy) is 1. The van der Waals surface area contributed by atoms with Crippen LogP contribution in [0.15, 0.2) is 0 Å². The summed E-state index contributed by atoms with van der Waals surface area (Å²) >= 11 is 0. The lowest BCUT2D eigenvalue weighted by Gasteiger charge is -2.37. The van der Waals surface area contributed by atoms with E-state index in [1.807, 2.05) is 25.7 Å². The molecule has 2 aliphatic rings. The van der Waals surface area contributed by atoms with Crippen LogP contribution >= 0.6 is 0 Å². The summed E-state index contributed by atoms with van der Waals surface area (Å²) < 4.78 is 5.44. The van der Waals surface area contributed by atoms with Gasteiger partial charge >= 0.3 is 6.09 Å². The van der Waals surface area contributed by atoms with Crippen LogP contribution in [0.1, 0.15) is 52.9 Å². The van der Waals surface area contributed by atoms with Crippen LogP contribution in [-0.4, -0.2) is 53.0 Å². The van der Waals surface area contributed by atoms with Gasteiger partial charge in [0.15, 0.2) is 0 Å². The third-order valence-corrected chi connectivity index (χ3v) is 4.12. The second kappa shape index (κ2) is 5.90. The van der Waals surface area contributed by atoms with Crippen molar-refractivity contribution in [3.63, 3.8) is 0 Å². The van der Waals surface area contributed by atoms with E-state index in [2.05, 4.69) is 5.32 Å². The summed E-state index contributed by atoms with van der Waals surface area (Å²) in [5.74, 6) is 0. The Morgan fingerprint density at radius 3 is 2.65 bits per heavy atom. The number of nitrogens with one attached hydrogen (secondary N) is 1. The van der Waals surface area contributed by atoms with Crippen molar-refractivity contribution in [2.45, 2.75) is 70.1 Å². The quantitative estimate of drug-likeness (QED) is 0.827. The number of rotatable bonds is 4. The molecular weight excluding hydrogens is 256 g/mol. The highest BCUT2D eigenvalue weighted by Gasteiger charge is 2.35. The van der Waals surface area contributed by atoms with Gasteiger partial charge in [0.25, 0.3) is 0 Å². The van der Waals surface area contributed by atoms with Gasteiger partial charge in [0, 0.05) is 25.7 Å². The Morgan fingerprint density at radius 2 is 2.10 bits per heavy atom. The molecule has 0 bridgehead atoms. The molecule has 1 heterocycles. The van der Waals surface area contributed by atoms with Crippen LogP contribution in [0.5, 0.6) is 0 Å².